The first-order valence-electron chi connectivity index (χ1n) is 6.28. The summed E-state index contributed by atoms with van der Waals surface area (Å²) >= 11 is 0. The molecule has 2 aromatic rings. The summed E-state index contributed by atoms with van der Waals surface area (Å²) in [7, 11) is 2.05. The van der Waals surface area contributed by atoms with Gasteiger partial charge in [-0.05, 0) is 43.7 Å². The number of hydrogen-bond donors (Lipinski definition) is 1. The molecule has 18 heavy (non-hydrogen) atoms. The Morgan fingerprint density at radius 3 is 2.78 bits per heavy atom. The van der Waals surface area contributed by atoms with Crippen molar-refractivity contribution in [2.45, 2.75) is 20.4 Å². The zero-order chi connectivity index (χ0) is 13.0. The lowest BCUT2D eigenvalue weighted by Crippen LogP contribution is -2.06. The topological polar surface area (TPSA) is 26.2 Å². The molecule has 0 fully saturated rings. The lowest BCUT2D eigenvalue weighted by molar-refractivity contribution is 0.341. The van der Waals surface area contributed by atoms with Gasteiger partial charge in [-0.15, -0.1) is 0 Å². The van der Waals surface area contributed by atoms with Gasteiger partial charge in [0.1, 0.15) is 5.75 Å². The summed E-state index contributed by atoms with van der Waals surface area (Å²) < 4.78 is 7.76. The summed E-state index contributed by atoms with van der Waals surface area (Å²) in [5, 5.41) is 3.42. The van der Waals surface area contributed by atoms with E-state index in [0.29, 0.717) is 6.61 Å². The number of nitrogens with one attached hydrogen (secondary N) is 1. The normalized spacial score (nSPS) is 10.4. The van der Waals surface area contributed by atoms with E-state index in [-0.39, 0.29) is 0 Å². The van der Waals surface area contributed by atoms with E-state index in [1.807, 2.05) is 6.92 Å². The van der Waals surface area contributed by atoms with E-state index in [1.165, 1.54) is 11.3 Å². The quantitative estimate of drug-likeness (QED) is 0.873. The minimum atomic E-state index is 0.683. The average molecular weight is 244 g/mol. The van der Waals surface area contributed by atoms with Crippen LogP contribution in [0.5, 0.6) is 5.75 Å². The molecule has 1 aromatic carbocycles. The number of aromatic nitrogens is 1. The Labute approximate surface area is 108 Å². The minimum Gasteiger partial charge on any atom is -0.492 e. The lowest BCUT2D eigenvalue weighted by Gasteiger charge is -2.13. The van der Waals surface area contributed by atoms with Gasteiger partial charge in [0.2, 0.25) is 0 Å². The molecule has 0 unspecified atom stereocenters. The maximum Gasteiger partial charge on any atom is 0.142 e. The summed E-state index contributed by atoms with van der Waals surface area (Å²) in [6.07, 6.45) is 2.05. The van der Waals surface area contributed by atoms with Crippen molar-refractivity contribution in [1.29, 1.82) is 0 Å². The van der Waals surface area contributed by atoms with Gasteiger partial charge in [-0.2, -0.15) is 0 Å². The van der Waals surface area contributed by atoms with Crippen LogP contribution in [0.25, 0.3) is 0 Å². The van der Waals surface area contributed by atoms with Crippen LogP contribution < -0.4 is 10.1 Å². The molecular formula is C15H20N2O. The van der Waals surface area contributed by atoms with E-state index in [9.17, 15) is 0 Å². The molecule has 0 bridgehead atoms. The highest BCUT2D eigenvalue weighted by Crippen LogP contribution is 2.26. The second kappa shape index (κ2) is 5.63. The Morgan fingerprint density at radius 2 is 2.11 bits per heavy atom. The van der Waals surface area contributed by atoms with Crippen LogP contribution in [0.4, 0.5) is 5.69 Å². The first-order valence-corrected chi connectivity index (χ1v) is 6.28. The summed E-state index contributed by atoms with van der Waals surface area (Å²) in [4.78, 5) is 0. The number of nitrogens with zero attached hydrogens (tertiary/aromatic N) is 1. The van der Waals surface area contributed by atoms with E-state index < -0.39 is 0 Å². The van der Waals surface area contributed by atoms with Gasteiger partial charge in [-0.1, -0.05) is 6.07 Å². The van der Waals surface area contributed by atoms with Crippen LogP contribution >= 0.6 is 0 Å². The Hall–Kier alpha value is -1.90. The molecule has 0 saturated carbocycles. The summed E-state index contributed by atoms with van der Waals surface area (Å²) in [5.41, 5.74) is 3.50. The molecule has 0 aliphatic carbocycles. The molecule has 0 amide bonds. The average Bonchev–Trinajstić information content (AvgIpc) is 2.74. The van der Waals surface area contributed by atoms with Crippen LogP contribution in [0.1, 0.15) is 18.2 Å². The third kappa shape index (κ3) is 2.86. The lowest BCUT2D eigenvalue weighted by atomic mass is 10.2. The van der Waals surface area contributed by atoms with E-state index in [0.717, 1.165) is 18.0 Å². The van der Waals surface area contributed by atoms with Crippen molar-refractivity contribution in [3.63, 3.8) is 0 Å². The van der Waals surface area contributed by atoms with Gasteiger partial charge in [-0.25, -0.2) is 0 Å². The second-order valence-corrected chi connectivity index (χ2v) is 4.40. The predicted octanol–water partition coefficient (Wildman–Crippen LogP) is 3.34. The molecule has 96 valence electrons. The third-order valence-corrected chi connectivity index (χ3v) is 2.95. The molecule has 0 aliphatic rings. The number of anilines is 1. The van der Waals surface area contributed by atoms with Gasteiger partial charge in [0.25, 0.3) is 0 Å². The standard InChI is InChI=1S/C15H20N2O/c1-4-18-15-10-12(2)7-8-14(15)16-11-13-6-5-9-17(13)3/h5-10,16H,4,11H2,1-3H3. The van der Waals surface area contributed by atoms with E-state index >= 15 is 0 Å². The highest BCUT2D eigenvalue weighted by molar-refractivity contribution is 5.57. The molecule has 0 aliphatic heterocycles. The number of benzene rings is 1. The van der Waals surface area contributed by atoms with E-state index in [4.69, 9.17) is 4.74 Å². The molecule has 1 heterocycles. The first kappa shape index (κ1) is 12.6. The van der Waals surface area contributed by atoms with Gasteiger partial charge in [0.15, 0.2) is 0 Å². The molecule has 3 heteroatoms. The number of aryl methyl sites for hydroxylation is 2. The minimum absolute atomic E-state index is 0.683. The Bertz CT molecular complexity index is 517. The van der Waals surface area contributed by atoms with Crippen molar-refractivity contribution in [3.8, 4) is 5.75 Å². The third-order valence-electron chi connectivity index (χ3n) is 2.95. The molecule has 0 radical (unpaired) electrons. The molecular weight excluding hydrogens is 224 g/mol. The Morgan fingerprint density at radius 1 is 1.28 bits per heavy atom. The van der Waals surface area contributed by atoms with Crippen molar-refractivity contribution in [2.24, 2.45) is 7.05 Å². The molecule has 0 spiro atoms. The molecule has 2 rings (SSSR count). The summed E-state index contributed by atoms with van der Waals surface area (Å²) in [5.74, 6) is 0.923. The van der Waals surface area contributed by atoms with Gasteiger partial charge in [0.05, 0.1) is 18.8 Å². The van der Waals surface area contributed by atoms with Gasteiger partial charge in [-0.3, -0.25) is 0 Å². The van der Waals surface area contributed by atoms with Gasteiger partial charge >= 0.3 is 0 Å². The second-order valence-electron chi connectivity index (χ2n) is 4.40. The summed E-state index contributed by atoms with van der Waals surface area (Å²) in [6.45, 7) is 5.56. The molecule has 0 atom stereocenters. The number of ether oxygens (including phenoxy) is 1. The van der Waals surface area contributed by atoms with Crippen molar-refractivity contribution in [3.05, 3.63) is 47.8 Å². The van der Waals surface area contributed by atoms with Crippen molar-refractivity contribution < 1.29 is 4.74 Å². The highest BCUT2D eigenvalue weighted by Gasteiger charge is 2.04. The fourth-order valence-corrected chi connectivity index (χ4v) is 1.92. The van der Waals surface area contributed by atoms with Crippen molar-refractivity contribution >= 4 is 5.69 Å². The zero-order valence-corrected chi connectivity index (χ0v) is 11.2. The van der Waals surface area contributed by atoms with Crippen LogP contribution in [0.15, 0.2) is 36.5 Å². The van der Waals surface area contributed by atoms with Crippen molar-refractivity contribution in [1.82, 2.24) is 4.57 Å². The molecule has 1 N–H and O–H groups in total. The summed E-state index contributed by atoms with van der Waals surface area (Å²) in [6, 6.07) is 10.4. The van der Waals surface area contributed by atoms with Gasteiger partial charge < -0.3 is 14.6 Å². The fraction of sp³-hybridized carbons (Fsp3) is 0.333. The smallest absolute Gasteiger partial charge is 0.142 e. The molecule has 0 saturated heterocycles. The molecule has 3 nitrogen and oxygen atoms in total. The zero-order valence-electron chi connectivity index (χ0n) is 11.2. The van der Waals surface area contributed by atoms with Crippen LogP contribution in [-0.2, 0) is 13.6 Å². The fourth-order valence-electron chi connectivity index (χ4n) is 1.92. The van der Waals surface area contributed by atoms with E-state index in [1.54, 1.807) is 0 Å². The van der Waals surface area contributed by atoms with Crippen LogP contribution in [0.2, 0.25) is 0 Å². The van der Waals surface area contributed by atoms with Gasteiger partial charge in [0, 0.05) is 18.9 Å². The Kier molecular flexibility index (Phi) is 3.92. The van der Waals surface area contributed by atoms with Crippen LogP contribution in [0, 0.1) is 6.92 Å². The predicted molar refractivity (Wildman–Crippen MR) is 75.1 cm³/mol. The number of hydrogen-bond acceptors (Lipinski definition) is 2. The first-order chi connectivity index (χ1) is 8.70. The largest absolute Gasteiger partial charge is 0.492 e. The van der Waals surface area contributed by atoms with E-state index in [2.05, 4.69) is 60.4 Å². The van der Waals surface area contributed by atoms with Crippen molar-refractivity contribution in [2.75, 3.05) is 11.9 Å². The van der Waals surface area contributed by atoms with Crippen LogP contribution in [0.3, 0.4) is 0 Å². The monoisotopic (exact) mass is 244 g/mol. The maximum atomic E-state index is 5.65. The number of rotatable bonds is 5. The highest BCUT2D eigenvalue weighted by atomic mass is 16.5. The Balaban J connectivity index is 2.11. The maximum absolute atomic E-state index is 5.65. The molecule has 1 aromatic heterocycles. The SMILES string of the molecule is CCOc1cc(C)ccc1NCc1cccn1C. The van der Waals surface area contributed by atoms with Crippen LogP contribution in [-0.4, -0.2) is 11.2 Å².